The van der Waals surface area contributed by atoms with Crippen LogP contribution in [0.3, 0.4) is 0 Å². The molecule has 0 saturated carbocycles. The number of pyridine rings is 1. The van der Waals surface area contributed by atoms with E-state index >= 15 is 0 Å². The van der Waals surface area contributed by atoms with Gasteiger partial charge >= 0.3 is 0 Å². The third-order valence-corrected chi connectivity index (χ3v) is 5.59. The van der Waals surface area contributed by atoms with E-state index in [0.717, 1.165) is 4.31 Å². The molecule has 2 rings (SSSR count). The number of sulfonamides is 1. The van der Waals surface area contributed by atoms with Crippen LogP contribution in [0.5, 0.6) is 0 Å². The zero-order valence-corrected chi connectivity index (χ0v) is 11.4. The lowest BCUT2D eigenvalue weighted by atomic mass is 10.2. The monoisotopic (exact) mass is 289 g/mol. The van der Waals surface area contributed by atoms with Crippen LogP contribution < -0.4 is 5.73 Å². The molecular weight excluding hydrogens is 278 g/mol. The van der Waals surface area contributed by atoms with E-state index in [4.69, 9.17) is 17.3 Å². The van der Waals surface area contributed by atoms with Crippen LogP contribution in [0.1, 0.15) is 19.5 Å². The van der Waals surface area contributed by atoms with Crippen molar-refractivity contribution < 1.29 is 13.2 Å². The van der Waals surface area contributed by atoms with Crippen molar-refractivity contribution in [2.45, 2.75) is 25.1 Å². The number of nitrogen functional groups attached to an aromatic ring is 1. The Morgan fingerprint density at radius 3 is 2.61 bits per heavy atom. The second-order valence-corrected chi connectivity index (χ2v) is 7.31. The summed E-state index contributed by atoms with van der Waals surface area (Å²) in [5.41, 5.74) is 5.76. The van der Waals surface area contributed by atoms with Gasteiger partial charge in [-0.15, -0.1) is 0 Å². The number of anilines is 1. The number of rotatable bonds is 2. The second-order valence-electron chi connectivity index (χ2n) is 4.49. The van der Waals surface area contributed by atoms with E-state index in [0.29, 0.717) is 0 Å². The Hall–Kier alpha value is -1.34. The maximum atomic E-state index is 11.9. The zero-order chi connectivity index (χ0) is 13.7. The summed E-state index contributed by atoms with van der Waals surface area (Å²) in [6.45, 7) is 2.56. The smallest absolute Gasteiger partial charge is 0.259 e. The molecule has 0 aromatic carbocycles. The molecule has 6 nitrogen and oxygen atoms in total. The zero-order valence-electron chi connectivity index (χ0n) is 9.84. The molecule has 0 atom stereocenters. The van der Waals surface area contributed by atoms with Crippen molar-refractivity contribution in [3.05, 3.63) is 22.8 Å². The van der Waals surface area contributed by atoms with Crippen molar-refractivity contribution in [1.82, 2.24) is 9.29 Å². The maximum Gasteiger partial charge on any atom is 0.259 e. The summed E-state index contributed by atoms with van der Waals surface area (Å²) in [6, 6.07) is 3.02. The van der Waals surface area contributed by atoms with Crippen LogP contribution in [0.4, 0.5) is 5.82 Å². The Kier molecular flexibility index (Phi) is 2.78. The Bertz CT molecular complexity index is 627. The van der Waals surface area contributed by atoms with Gasteiger partial charge in [0, 0.05) is 0 Å². The molecule has 0 aliphatic carbocycles. The molecule has 1 aliphatic rings. The summed E-state index contributed by atoms with van der Waals surface area (Å²) in [5, 5.41) is 0.275. The second kappa shape index (κ2) is 3.83. The average Bonchev–Trinajstić information content (AvgIpc) is 2.28. The molecule has 2 N–H and O–H groups in total. The molecule has 8 heteroatoms. The SMILES string of the molecule is CC1(C)C(=O)N(Cc2nc(N)ccc2Cl)S1(=O)=O. The van der Waals surface area contributed by atoms with Gasteiger partial charge in [0.05, 0.1) is 17.3 Å². The molecule has 2 heterocycles. The highest BCUT2D eigenvalue weighted by Crippen LogP contribution is 2.36. The largest absolute Gasteiger partial charge is 0.384 e. The first kappa shape index (κ1) is 13.1. The predicted molar refractivity (Wildman–Crippen MR) is 67.2 cm³/mol. The summed E-state index contributed by atoms with van der Waals surface area (Å²) in [4.78, 5) is 15.7. The standard InChI is InChI=1S/C10H12ClN3O3S/c1-10(2)9(15)14(18(10,16)17)5-7-6(11)3-4-8(12)13-7/h3-4H,5H2,1-2H3,(H2,12,13). The molecule has 1 aliphatic heterocycles. The van der Waals surface area contributed by atoms with Crippen LogP contribution in [0, 0.1) is 0 Å². The molecule has 1 amide bonds. The molecular formula is C10H12ClN3O3S. The van der Waals surface area contributed by atoms with Gasteiger partial charge < -0.3 is 5.73 Å². The van der Waals surface area contributed by atoms with Crippen molar-refractivity contribution in [3.63, 3.8) is 0 Å². The number of hydrogen-bond donors (Lipinski definition) is 1. The summed E-state index contributed by atoms with van der Waals surface area (Å²) in [5.74, 6) is -0.248. The number of nitrogens with two attached hydrogens (primary N) is 1. The van der Waals surface area contributed by atoms with E-state index in [1.54, 1.807) is 0 Å². The van der Waals surface area contributed by atoms with Gasteiger partial charge in [0.2, 0.25) is 0 Å². The van der Waals surface area contributed by atoms with Crippen molar-refractivity contribution in [2.75, 3.05) is 5.73 Å². The van der Waals surface area contributed by atoms with E-state index in [1.165, 1.54) is 26.0 Å². The molecule has 0 spiro atoms. The number of halogens is 1. The van der Waals surface area contributed by atoms with Crippen LogP contribution in [0.15, 0.2) is 12.1 Å². The highest BCUT2D eigenvalue weighted by Gasteiger charge is 2.60. The Morgan fingerprint density at radius 1 is 1.44 bits per heavy atom. The predicted octanol–water partition coefficient (Wildman–Crippen LogP) is 0.768. The van der Waals surface area contributed by atoms with Gasteiger partial charge in [-0.1, -0.05) is 11.6 Å². The lowest BCUT2D eigenvalue weighted by Crippen LogP contribution is -2.66. The Labute approximate surface area is 110 Å². The van der Waals surface area contributed by atoms with Gasteiger partial charge in [0.25, 0.3) is 15.9 Å². The van der Waals surface area contributed by atoms with Gasteiger partial charge in [-0.2, -0.15) is 0 Å². The van der Waals surface area contributed by atoms with Crippen molar-refractivity contribution in [3.8, 4) is 0 Å². The first-order chi connectivity index (χ1) is 8.18. The van der Waals surface area contributed by atoms with Gasteiger partial charge in [0.15, 0.2) is 4.75 Å². The summed E-state index contributed by atoms with van der Waals surface area (Å²) in [7, 11) is -3.63. The average molecular weight is 290 g/mol. The molecule has 0 radical (unpaired) electrons. The molecule has 1 fully saturated rings. The van der Waals surface area contributed by atoms with Crippen LogP contribution in [-0.4, -0.2) is 28.4 Å². The van der Waals surface area contributed by atoms with Crippen LogP contribution >= 0.6 is 11.6 Å². The maximum absolute atomic E-state index is 11.9. The number of hydrogen-bond acceptors (Lipinski definition) is 5. The topological polar surface area (TPSA) is 93.4 Å². The fourth-order valence-electron chi connectivity index (χ4n) is 1.66. The molecule has 0 unspecified atom stereocenters. The van der Waals surface area contributed by atoms with Crippen molar-refractivity contribution in [2.24, 2.45) is 0 Å². The quantitative estimate of drug-likeness (QED) is 0.868. The summed E-state index contributed by atoms with van der Waals surface area (Å²) in [6.07, 6.45) is 0. The molecule has 1 aromatic rings. The summed E-state index contributed by atoms with van der Waals surface area (Å²) >= 11 is 5.88. The fourth-order valence-corrected chi connectivity index (χ4v) is 3.31. The normalized spacial score (nSPS) is 20.6. The molecule has 1 saturated heterocycles. The molecule has 1 aromatic heterocycles. The van der Waals surface area contributed by atoms with Gasteiger partial charge in [-0.25, -0.2) is 17.7 Å². The van der Waals surface area contributed by atoms with E-state index in [-0.39, 0.29) is 23.1 Å². The number of aromatic nitrogens is 1. The first-order valence-corrected chi connectivity index (χ1v) is 6.97. The van der Waals surface area contributed by atoms with Crippen molar-refractivity contribution in [1.29, 1.82) is 0 Å². The Balaban J connectivity index is 2.32. The van der Waals surface area contributed by atoms with Crippen LogP contribution in [-0.2, 0) is 21.4 Å². The highest BCUT2D eigenvalue weighted by atomic mass is 35.5. The lowest BCUT2D eigenvalue weighted by molar-refractivity contribution is -0.132. The van der Waals surface area contributed by atoms with E-state index in [9.17, 15) is 13.2 Å². The highest BCUT2D eigenvalue weighted by molar-refractivity contribution is 7.94. The number of carbonyl (C=O) groups excluding carboxylic acids is 1. The van der Waals surface area contributed by atoms with Crippen LogP contribution in [0.2, 0.25) is 5.02 Å². The van der Waals surface area contributed by atoms with Gasteiger partial charge in [-0.3, -0.25) is 4.79 Å². The van der Waals surface area contributed by atoms with Gasteiger partial charge in [-0.05, 0) is 26.0 Å². The molecule has 98 valence electrons. The van der Waals surface area contributed by atoms with E-state index in [1.807, 2.05) is 0 Å². The first-order valence-electron chi connectivity index (χ1n) is 5.15. The molecule has 0 bridgehead atoms. The third kappa shape index (κ3) is 1.65. The number of nitrogens with zero attached hydrogens (tertiary/aromatic N) is 2. The molecule has 18 heavy (non-hydrogen) atoms. The van der Waals surface area contributed by atoms with Crippen LogP contribution in [0.25, 0.3) is 0 Å². The minimum absolute atomic E-state index is 0.186. The van der Waals surface area contributed by atoms with Gasteiger partial charge in [0.1, 0.15) is 5.82 Å². The number of carbonyl (C=O) groups is 1. The summed E-state index contributed by atoms with van der Waals surface area (Å²) < 4.78 is 23.2. The third-order valence-electron chi connectivity index (χ3n) is 2.91. The minimum Gasteiger partial charge on any atom is -0.384 e. The van der Waals surface area contributed by atoms with E-state index in [2.05, 4.69) is 4.98 Å². The fraction of sp³-hybridized carbons (Fsp3) is 0.400. The number of amides is 1. The minimum atomic E-state index is -3.63. The van der Waals surface area contributed by atoms with E-state index < -0.39 is 20.7 Å². The lowest BCUT2D eigenvalue weighted by Gasteiger charge is -2.42. The Morgan fingerprint density at radius 2 is 2.06 bits per heavy atom. The van der Waals surface area contributed by atoms with Crippen molar-refractivity contribution >= 4 is 33.3 Å².